The summed E-state index contributed by atoms with van der Waals surface area (Å²) in [6.07, 6.45) is 7.52. The van der Waals surface area contributed by atoms with Gasteiger partial charge in [0, 0.05) is 30.8 Å². The number of Topliss-reactive ketones (excluding diaryl/α,β-unsaturated/α-hetero) is 1. The number of aromatic nitrogens is 2. The normalized spacial score (nSPS) is 10.8. The average molecular weight is 382 g/mol. The van der Waals surface area contributed by atoms with Crippen LogP contribution in [0.2, 0.25) is 0 Å². The molecule has 0 atom stereocenters. The minimum atomic E-state index is 0.192. The smallest absolute Gasteiger partial charge is 0.181 e. The fourth-order valence-corrected chi connectivity index (χ4v) is 3.43. The van der Waals surface area contributed by atoms with Gasteiger partial charge in [-0.25, -0.2) is 4.98 Å². The third-order valence-electron chi connectivity index (χ3n) is 5.16. The van der Waals surface area contributed by atoms with Crippen LogP contribution in [0.5, 0.6) is 0 Å². The Morgan fingerprint density at radius 3 is 2.38 bits per heavy atom. The van der Waals surface area contributed by atoms with E-state index in [2.05, 4.69) is 41.2 Å². The van der Waals surface area contributed by atoms with E-state index < -0.39 is 0 Å². The van der Waals surface area contributed by atoms with E-state index in [0.717, 1.165) is 39.1 Å². The zero-order valence-electron chi connectivity index (χ0n) is 16.6. The van der Waals surface area contributed by atoms with Crippen molar-refractivity contribution in [3.63, 3.8) is 0 Å². The molecule has 0 aliphatic heterocycles. The maximum absolute atomic E-state index is 12.5. The molecule has 4 rings (SSSR count). The van der Waals surface area contributed by atoms with Crippen molar-refractivity contribution in [2.24, 2.45) is 0 Å². The standard InChI is InChI=1S/C25H22N2O2/c1-17-9-10-26-14-22(17)12-23(28)11-19-4-7-20(8-5-19)24-13-21(6-3-18(24)2)25-15-27-16-29-25/h3-10,13-16H,11-12H2,1-2H3. The first-order valence-corrected chi connectivity index (χ1v) is 9.60. The van der Waals surface area contributed by atoms with Crippen molar-refractivity contribution in [3.05, 3.63) is 95.8 Å². The lowest BCUT2D eigenvalue weighted by atomic mass is 9.95. The molecule has 29 heavy (non-hydrogen) atoms. The molecule has 0 fully saturated rings. The Morgan fingerprint density at radius 1 is 0.862 bits per heavy atom. The van der Waals surface area contributed by atoms with Crippen LogP contribution in [0.1, 0.15) is 22.3 Å². The highest BCUT2D eigenvalue weighted by Crippen LogP contribution is 2.29. The molecule has 0 bridgehead atoms. The molecule has 2 heterocycles. The summed E-state index contributed by atoms with van der Waals surface area (Å²) >= 11 is 0. The van der Waals surface area contributed by atoms with Gasteiger partial charge in [0.1, 0.15) is 5.78 Å². The van der Waals surface area contributed by atoms with Crippen LogP contribution in [0.15, 0.2) is 77.9 Å². The van der Waals surface area contributed by atoms with E-state index in [1.165, 1.54) is 12.0 Å². The van der Waals surface area contributed by atoms with Gasteiger partial charge in [-0.05, 0) is 59.4 Å². The lowest BCUT2D eigenvalue weighted by Gasteiger charge is -2.09. The fraction of sp³-hybridized carbons (Fsp3) is 0.160. The number of hydrogen-bond donors (Lipinski definition) is 0. The van der Waals surface area contributed by atoms with Gasteiger partial charge in [-0.3, -0.25) is 9.78 Å². The Kier molecular flexibility index (Phi) is 5.34. The van der Waals surface area contributed by atoms with Crippen LogP contribution < -0.4 is 0 Å². The molecule has 144 valence electrons. The summed E-state index contributed by atoms with van der Waals surface area (Å²) < 4.78 is 5.42. The summed E-state index contributed by atoms with van der Waals surface area (Å²) in [5.41, 5.74) is 7.55. The van der Waals surface area contributed by atoms with E-state index >= 15 is 0 Å². The first kappa shape index (κ1) is 18.8. The predicted octanol–water partition coefficient (Wildman–Crippen LogP) is 5.37. The Bertz CT molecular complexity index is 1130. The maximum Gasteiger partial charge on any atom is 0.181 e. The van der Waals surface area contributed by atoms with Crippen LogP contribution in [0.4, 0.5) is 0 Å². The zero-order valence-corrected chi connectivity index (χ0v) is 16.6. The van der Waals surface area contributed by atoms with E-state index in [-0.39, 0.29) is 5.78 Å². The first-order valence-electron chi connectivity index (χ1n) is 9.60. The van der Waals surface area contributed by atoms with Crippen LogP contribution in [-0.2, 0) is 17.6 Å². The third-order valence-corrected chi connectivity index (χ3v) is 5.16. The Balaban J connectivity index is 1.50. The van der Waals surface area contributed by atoms with E-state index in [4.69, 9.17) is 4.42 Å². The molecule has 0 N–H and O–H groups in total. The summed E-state index contributed by atoms with van der Waals surface area (Å²) in [5.74, 6) is 0.941. The summed E-state index contributed by atoms with van der Waals surface area (Å²) in [6, 6.07) is 16.4. The highest BCUT2D eigenvalue weighted by molar-refractivity contribution is 5.83. The van der Waals surface area contributed by atoms with Gasteiger partial charge in [0.05, 0.1) is 6.20 Å². The van der Waals surface area contributed by atoms with E-state index in [1.807, 2.05) is 31.2 Å². The molecule has 0 saturated carbocycles. The lowest BCUT2D eigenvalue weighted by molar-refractivity contribution is -0.117. The maximum atomic E-state index is 12.5. The number of benzene rings is 2. The van der Waals surface area contributed by atoms with E-state index in [9.17, 15) is 4.79 Å². The van der Waals surface area contributed by atoms with Gasteiger partial charge >= 0.3 is 0 Å². The van der Waals surface area contributed by atoms with Crippen LogP contribution in [0.3, 0.4) is 0 Å². The number of aryl methyl sites for hydroxylation is 2. The number of rotatable bonds is 6. The number of nitrogens with zero attached hydrogens (tertiary/aromatic N) is 2. The number of ketones is 1. The van der Waals surface area contributed by atoms with Crippen molar-refractivity contribution >= 4 is 5.78 Å². The van der Waals surface area contributed by atoms with Gasteiger partial charge < -0.3 is 4.42 Å². The van der Waals surface area contributed by atoms with Gasteiger partial charge in [-0.1, -0.05) is 36.4 Å². The molecular formula is C25H22N2O2. The van der Waals surface area contributed by atoms with Crippen LogP contribution in [0.25, 0.3) is 22.5 Å². The molecule has 2 aromatic heterocycles. The van der Waals surface area contributed by atoms with Gasteiger partial charge in [-0.15, -0.1) is 0 Å². The van der Waals surface area contributed by atoms with Crippen LogP contribution >= 0.6 is 0 Å². The fourth-order valence-electron chi connectivity index (χ4n) is 3.43. The number of carbonyl (C=O) groups is 1. The minimum absolute atomic E-state index is 0.192. The number of carbonyl (C=O) groups excluding carboxylic acids is 1. The summed E-state index contributed by atoms with van der Waals surface area (Å²) in [7, 11) is 0. The summed E-state index contributed by atoms with van der Waals surface area (Å²) in [5, 5.41) is 0. The average Bonchev–Trinajstić information content (AvgIpc) is 3.26. The van der Waals surface area contributed by atoms with Crippen molar-refractivity contribution in [1.29, 1.82) is 0 Å². The molecule has 4 heteroatoms. The number of oxazole rings is 1. The zero-order chi connectivity index (χ0) is 20.2. The van der Waals surface area contributed by atoms with Crippen molar-refractivity contribution in [1.82, 2.24) is 9.97 Å². The van der Waals surface area contributed by atoms with Crippen molar-refractivity contribution in [2.75, 3.05) is 0 Å². The summed E-state index contributed by atoms with van der Waals surface area (Å²) in [6.45, 7) is 4.10. The molecule has 0 amide bonds. The van der Waals surface area contributed by atoms with Gasteiger partial charge in [0.25, 0.3) is 0 Å². The van der Waals surface area contributed by atoms with Gasteiger partial charge in [0.2, 0.25) is 0 Å². The molecule has 0 spiro atoms. The van der Waals surface area contributed by atoms with Gasteiger partial charge in [0.15, 0.2) is 12.2 Å². The SMILES string of the molecule is Cc1ccncc1CC(=O)Cc1ccc(-c2cc(-c3cnco3)ccc2C)cc1. The van der Waals surface area contributed by atoms with Gasteiger partial charge in [-0.2, -0.15) is 0 Å². The molecule has 0 radical (unpaired) electrons. The topological polar surface area (TPSA) is 56.0 Å². The molecule has 0 saturated heterocycles. The van der Waals surface area contributed by atoms with Crippen molar-refractivity contribution < 1.29 is 9.21 Å². The first-order chi connectivity index (χ1) is 14.1. The minimum Gasteiger partial charge on any atom is -0.444 e. The predicted molar refractivity (Wildman–Crippen MR) is 114 cm³/mol. The highest BCUT2D eigenvalue weighted by atomic mass is 16.3. The van der Waals surface area contributed by atoms with Crippen molar-refractivity contribution in [3.8, 4) is 22.5 Å². The highest BCUT2D eigenvalue weighted by Gasteiger charge is 2.10. The molecular weight excluding hydrogens is 360 g/mol. The molecule has 0 aliphatic rings. The molecule has 0 aliphatic carbocycles. The molecule has 2 aromatic carbocycles. The Labute approximate surface area is 170 Å². The summed E-state index contributed by atoms with van der Waals surface area (Å²) in [4.78, 5) is 20.6. The Hall–Kier alpha value is -3.53. The molecule has 4 nitrogen and oxygen atoms in total. The number of pyridine rings is 1. The van der Waals surface area contributed by atoms with E-state index in [1.54, 1.807) is 18.6 Å². The van der Waals surface area contributed by atoms with Crippen LogP contribution in [-0.4, -0.2) is 15.8 Å². The quantitative estimate of drug-likeness (QED) is 0.449. The van der Waals surface area contributed by atoms with Crippen molar-refractivity contribution in [2.45, 2.75) is 26.7 Å². The van der Waals surface area contributed by atoms with E-state index in [0.29, 0.717) is 12.8 Å². The Morgan fingerprint density at radius 2 is 1.66 bits per heavy atom. The molecule has 4 aromatic rings. The second-order valence-electron chi connectivity index (χ2n) is 7.29. The number of hydrogen-bond acceptors (Lipinski definition) is 4. The monoisotopic (exact) mass is 382 g/mol. The second-order valence-corrected chi connectivity index (χ2v) is 7.29. The lowest BCUT2D eigenvalue weighted by Crippen LogP contribution is -2.08. The third kappa shape index (κ3) is 4.32. The second kappa shape index (κ2) is 8.23. The van der Waals surface area contributed by atoms with Crippen LogP contribution in [0, 0.1) is 13.8 Å². The molecule has 0 unspecified atom stereocenters. The largest absolute Gasteiger partial charge is 0.444 e.